The van der Waals surface area contributed by atoms with Crippen LogP contribution in [0.25, 0.3) is 11.0 Å². The normalized spacial score (nSPS) is 13.3. The van der Waals surface area contributed by atoms with Gasteiger partial charge in [0.05, 0.1) is 24.5 Å². The number of fused-ring (bicyclic) bond motifs is 2. The van der Waals surface area contributed by atoms with Crippen LogP contribution < -0.4 is 9.64 Å². The van der Waals surface area contributed by atoms with Crippen molar-refractivity contribution in [1.29, 1.82) is 0 Å². The van der Waals surface area contributed by atoms with Gasteiger partial charge in [0.1, 0.15) is 28.5 Å². The molecule has 5 rings (SSSR count). The molecule has 1 aliphatic rings. The number of furan rings is 1. The first kappa shape index (κ1) is 25.3. The highest BCUT2D eigenvalue weighted by Gasteiger charge is 2.35. The quantitative estimate of drug-likeness (QED) is 0.265. The number of ether oxygens (including phenoxy) is 1. The molecule has 0 unspecified atom stereocenters. The molecule has 1 aliphatic heterocycles. The van der Waals surface area contributed by atoms with Gasteiger partial charge in [0.15, 0.2) is 0 Å². The zero-order chi connectivity index (χ0) is 26.6. The van der Waals surface area contributed by atoms with E-state index >= 15 is 0 Å². The maximum atomic E-state index is 13.6. The molecule has 3 aromatic carbocycles. The first-order valence-electron chi connectivity index (χ1n) is 12.7. The third-order valence-corrected chi connectivity index (χ3v) is 6.83. The minimum Gasteiger partial charge on any atom is -0.507 e. The van der Waals surface area contributed by atoms with Crippen LogP contribution in [0.15, 0.2) is 77.2 Å². The van der Waals surface area contributed by atoms with Gasteiger partial charge in [0.25, 0.3) is 5.91 Å². The highest BCUT2D eigenvalue weighted by molar-refractivity contribution is 6.90. The summed E-state index contributed by atoms with van der Waals surface area (Å²) < 4.78 is 11.6. The van der Waals surface area contributed by atoms with Crippen molar-refractivity contribution in [2.45, 2.75) is 32.4 Å². The van der Waals surface area contributed by atoms with Gasteiger partial charge in [-0.2, -0.15) is 0 Å². The maximum absolute atomic E-state index is 13.6. The summed E-state index contributed by atoms with van der Waals surface area (Å²) in [6.45, 7) is 1.39. The average Bonchev–Trinajstić information content (AvgIpc) is 3.25. The minimum absolute atomic E-state index is 0.0695. The lowest BCUT2D eigenvalue weighted by Gasteiger charge is -2.23. The second-order valence-electron chi connectivity index (χ2n) is 9.68. The molecular weight excluding hydrogens is 481 g/mol. The molecule has 4 aromatic rings. The van der Waals surface area contributed by atoms with Crippen molar-refractivity contribution >= 4 is 40.7 Å². The molecule has 0 saturated carbocycles. The van der Waals surface area contributed by atoms with Gasteiger partial charge in [-0.25, -0.2) is 0 Å². The van der Waals surface area contributed by atoms with Gasteiger partial charge < -0.3 is 28.7 Å². The lowest BCUT2D eigenvalue weighted by Crippen LogP contribution is -2.40. The summed E-state index contributed by atoms with van der Waals surface area (Å²) in [6, 6.07) is 21.7. The standard InChI is InChI=1S/C30H28BNO6/c1-20(33)7-6-14-37-23-12-13-25(27(34)16-23)30(36)32-19-29(35)31(17-22-9-2-4-10-26(22)32)18-24-15-21-8-3-5-11-28(21)38-24/h2-5,8-13,15-16,34H,6-7,14,17-19H2,1H3. The fraction of sp³-hybridized carbons (Fsp3) is 0.233. The number of carbonyl (C=O) groups excluding carboxylic acids is 3. The molecule has 0 bridgehead atoms. The Labute approximate surface area is 221 Å². The Kier molecular flexibility index (Phi) is 7.31. The van der Waals surface area contributed by atoms with E-state index in [4.69, 9.17) is 9.15 Å². The number of hydrogen-bond donors (Lipinski definition) is 1. The number of ketones is 1. The number of anilines is 1. The van der Waals surface area contributed by atoms with E-state index in [0.717, 1.165) is 22.3 Å². The second-order valence-corrected chi connectivity index (χ2v) is 9.68. The molecule has 0 atom stereocenters. The van der Waals surface area contributed by atoms with Crippen LogP contribution in [0.4, 0.5) is 5.69 Å². The Balaban J connectivity index is 1.36. The number of nitrogens with zero attached hydrogens (tertiary/aromatic N) is 1. The SMILES string of the molecule is CC(=O)CCCOc1ccc(C(=O)N2CC(=O)B(Cc3cc4ccccc4o3)Cc3ccccc32)c(O)c1. The van der Waals surface area contributed by atoms with Gasteiger partial charge in [0, 0.05) is 23.6 Å². The van der Waals surface area contributed by atoms with Crippen molar-refractivity contribution in [1.82, 2.24) is 0 Å². The van der Waals surface area contributed by atoms with E-state index in [1.54, 1.807) is 6.07 Å². The molecule has 8 heteroatoms. The number of phenolic OH excluding ortho intramolecular Hbond substituents is 1. The van der Waals surface area contributed by atoms with Gasteiger partial charge in [-0.3, -0.25) is 4.79 Å². The summed E-state index contributed by atoms with van der Waals surface area (Å²) in [4.78, 5) is 39.6. The zero-order valence-corrected chi connectivity index (χ0v) is 21.2. The molecule has 192 valence electrons. The summed E-state index contributed by atoms with van der Waals surface area (Å²) in [7, 11) is 0. The van der Waals surface area contributed by atoms with Crippen molar-refractivity contribution in [2.75, 3.05) is 18.1 Å². The van der Waals surface area contributed by atoms with Gasteiger partial charge >= 0.3 is 0 Å². The lowest BCUT2D eigenvalue weighted by molar-refractivity contribution is -0.117. The van der Waals surface area contributed by atoms with Crippen molar-refractivity contribution < 1.29 is 28.6 Å². The molecule has 0 aliphatic carbocycles. The van der Waals surface area contributed by atoms with E-state index in [1.165, 1.54) is 24.0 Å². The molecule has 0 fully saturated rings. The number of benzene rings is 3. The maximum Gasteiger partial charge on any atom is 0.262 e. The van der Waals surface area contributed by atoms with E-state index in [2.05, 4.69) is 0 Å². The van der Waals surface area contributed by atoms with Gasteiger partial charge in [-0.15, -0.1) is 0 Å². The molecule has 0 saturated heterocycles. The topological polar surface area (TPSA) is 97.1 Å². The van der Waals surface area contributed by atoms with E-state index in [-0.39, 0.29) is 36.0 Å². The third-order valence-electron chi connectivity index (χ3n) is 6.83. The number of carbonyl (C=O) groups is 3. The van der Waals surface area contributed by atoms with Crippen LogP contribution in [0.2, 0.25) is 0 Å². The number of Topliss-reactive ketones (excluding diaryl/α,β-unsaturated/α-hetero) is 1. The first-order chi connectivity index (χ1) is 18.4. The first-order valence-corrected chi connectivity index (χ1v) is 12.7. The lowest BCUT2D eigenvalue weighted by atomic mass is 9.41. The van der Waals surface area contributed by atoms with Crippen molar-refractivity contribution in [3.05, 3.63) is 89.7 Å². The Hall–Kier alpha value is -4.33. The summed E-state index contributed by atoms with van der Waals surface area (Å²) >= 11 is 0. The summed E-state index contributed by atoms with van der Waals surface area (Å²) in [5.74, 6) is 0.534. The molecule has 1 N–H and O–H groups in total. The van der Waals surface area contributed by atoms with Crippen molar-refractivity contribution in [2.24, 2.45) is 0 Å². The van der Waals surface area contributed by atoms with E-state index < -0.39 is 5.91 Å². The van der Waals surface area contributed by atoms with Crippen LogP contribution in [-0.2, 0) is 22.2 Å². The molecule has 38 heavy (non-hydrogen) atoms. The predicted molar refractivity (Wildman–Crippen MR) is 146 cm³/mol. The smallest absolute Gasteiger partial charge is 0.262 e. The number of amides is 1. The fourth-order valence-electron chi connectivity index (χ4n) is 4.88. The predicted octanol–water partition coefficient (Wildman–Crippen LogP) is 5.01. The Morgan fingerprint density at radius 1 is 1.05 bits per heavy atom. The number of phenols is 1. The van der Waals surface area contributed by atoms with Crippen molar-refractivity contribution in [3.8, 4) is 11.5 Å². The molecular formula is C30H28BNO6. The number of rotatable bonds is 8. The minimum atomic E-state index is -0.462. The monoisotopic (exact) mass is 509 g/mol. The number of aromatic hydroxyl groups is 1. The molecule has 1 amide bonds. The summed E-state index contributed by atoms with van der Waals surface area (Å²) in [5.41, 5.74) is 2.33. The number of hydrogen-bond acceptors (Lipinski definition) is 6. The third kappa shape index (κ3) is 5.49. The molecule has 0 spiro atoms. The van der Waals surface area contributed by atoms with Gasteiger partial charge in [-0.1, -0.05) is 36.4 Å². The number of para-hydroxylation sites is 2. The van der Waals surface area contributed by atoms with Crippen LogP contribution in [0, 0.1) is 0 Å². The van der Waals surface area contributed by atoms with E-state index in [0.29, 0.717) is 43.5 Å². The average molecular weight is 509 g/mol. The Morgan fingerprint density at radius 2 is 1.84 bits per heavy atom. The largest absolute Gasteiger partial charge is 0.507 e. The van der Waals surface area contributed by atoms with Gasteiger partial charge in [0.2, 0.25) is 6.71 Å². The van der Waals surface area contributed by atoms with Gasteiger partial charge in [-0.05, 0) is 61.9 Å². The zero-order valence-electron chi connectivity index (χ0n) is 21.2. The van der Waals surface area contributed by atoms with Crippen LogP contribution in [0.1, 0.15) is 41.4 Å². The summed E-state index contributed by atoms with van der Waals surface area (Å²) in [5, 5.41) is 11.6. The Morgan fingerprint density at radius 3 is 2.63 bits per heavy atom. The molecule has 0 radical (unpaired) electrons. The van der Waals surface area contributed by atoms with E-state index in [9.17, 15) is 19.5 Å². The highest BCUT2D eigenvalue weighted by atomic mass is 16.5. The van der Waals surface area contributed by atoms with Crippen LogP contribution >= 0.6 is 0 Å². The fourth-order valence-corrected chi connectivity index (χ4v) is 4.88. The van der Waals surface area contributed by atoms with E-state index in [1.807, 2.05) is 54.6 Å². The second kappa shape index (κ2) is 11.0. The van der Waals surface area contributed by atoms with Crippen LogP contribution in [-0.4, -0.2) is 42.3 Å². The van der Waals surface area contributed by atoms with Crippen molar-refractivity contribution in [3.63, 3.8) is 0 Å². The van der Waals surface area contributed by atoms with Crippen LogP contribution in [0.3, 0.4) is 0 Å². The highest BCUT2D eigenvalue weighted by Crippen LogP contribution is 2.31. The molecule has 2 heterocycles. The summed E-state index contributed by atoms with van der Waals surface area (Å²) in [6.07, 6.45) is 1.90. The van der Waals surface area contributed by atoms with Crippen LogP contribution in [0.5, 0.6) is 11.5 Å². The molecule has 1 aromatic heterocycles. The molecule has 7 nitrogen and oxygen atoms in total. The Bertz CT molecular complexity index is 1480.